The molecule has 3 nitrogen and oxygen atoms in total. The van der Waals surface area contributed by atoms with Gasteiger partial charge < -0.3 is 10.5 Å². The molecule has 1 saturated carbocycles. The lowest BCUT2D eigenvalue weighted by Gasteiger charge is -2.21. The predicted molar refractivity (Wildman–Crippen MR) is 61.9 cm³/mol. The first-order valence-corrected chi connectivity index (χ1v) is 5.64. The number of nitrogens with two attached hydrogens (primary N) is 1. The Morgan fingerprint density at radius 3 is 2.88 bits per heavy atom. The van der Waals surface area contributed by atoms with E-state index in [1.807, 2.05) is 6.92 Å². The van der Waals surface area contributed by atoms with Crippen molar-refractivity contribution in [2.24, 2.45) is 11.7 Å². The maximum absolute atomic E-state index is 13.4. The summed E-state index contributed by atoms with van der Waals surface area (Å²) in [7, 11) is 0. The molecule has 1 aromatic rings. The van der Waals surface area contributed by atoms with Crippen molar-refractivity contribution in [1.82, 2.24) is 0 Å². The third-order valence-corrected chi connectivity index (χ3v) is 3.07. The summed E-state index contributed by atoms with van der Waals surface area (Å²) in [4.78, 5) is 0. The van der Waals surface area contributed by atoms with E-state index in [1.54, 1.807) is 12.1 Å². The van der Waals surface area contributed by atoms with Gasteiger partial charge in [0.1, 0.15) is 12.1 Å². The van der Waals surface area contributed by atoms with Gasteiger partial charge in [0, 0.05) is 0 Å². The van der Waals surface area contributed by atoms with E-state index in [0.717, 1.165) is 18.4 Å². The monoisotopic (exact) mass is 234 g/mol. The van der Waals surface area contributed by atoms with E-state index in [-0.39, 0.29) is 18.3 Å². The average Bonchev–Trinajstić information content (AvgIpc) is 3.14. The topological polar surface area (TPSA) is 59.0 Å². The normalized spacial score (nSPS) is 18.2. The minimum atomic E-state index is -0.990. The van der Waals surface area contributed by atoms with Crippen LogP contribution in [0.3, 0.4) is 0 Å². The largest absolute Gasteiger partial charge is 0.487 e. The standard InChI is InChI=1S/C13H15FN2O/c1-9-2-5-11(14)12(6-9)17-8-13(16,7-15)10-3-4-10/h2,5-6,10H,3-4,8,16H2,1H3. The van der Waals surface area contributed by atoms with Crippen molar-refractivity contribution >= 4 is 0 Å². The SMILES string of the molecule is Cc1ccc(F)c(OCC(N)(C#N)C2CC2)c1. The van der Waals surface area contributed by atoms with Crippen LogP contribution in [0.1, 0.15) is 18.4 Å². The van der Waals surface area contributed by atoms with Crippen LogP contribution in [-0.2, 0) is 0 Å². The molecule has 2 N–H and O–H groups in total. The molecule has 0 amide bonds. The van der Waals surface area contributed by atoms with Crippen LogP contribution < -0.4 is 10.5 Å². The van der Waals surface area contributed by atoms with E-state index < -0.39 is 11.4 Å². The van der Waals surface area contributed by atoms with E-state index >= 15 is 0 Å². The highest BCUT2D eigenvalue weighted by Crippen LogP contribution is 2.38. The summed E-state index contributed by atoms with van der Waals surface area (Å²) in [5.41, 5.74) is 5.85. The van der Waals surface area contributed by atoms with Crippen LogP contribution in [0.2, 0.25) is 0 Å². The van der Waals surface area contributed by atoms with E-state index in [4.69, 9.17) is 15.7 Å². The zero-order valence-corrected chi connectivity index (χ0v) is 9.74. The molecule has 0 spiro atoms. The van der Waals surface area contributed by atoms with E-state index in [2.05, 4.69) is 6.07 Å². The molecule has 0 heterocycles. The maximum atomic E-state index is 13.4. The summed E-state index contributed by atoms with van der Waals surface area (Å²) in [6.07, 6.45) is 1.90. The Balaban J connectivity index is 2.06. The fourth-order valence-corrected chi connectivity index (χ4v) is 1.76. The quantitative estimate of drug-likeness (QED) is 0.868. The van der Waals surface area contributed by atoms with E-state index in [1.165, 1.54) is 6.07 Å². The van der Waals surface area contributed by atoms with E-state index in [0.29, 0.717) is 0 Å². The lowest BCUT2D eigenvalue weighted by molar-refractivity contribution is 0.228. The van der Waals surface area contributed by atoms with Gasteiger partial charge in [-0.05, 0) is 43.4 Å². The molecule has 1 aliphatic rings. The highest BCUT2D eigenvalue weighted by Gasteiger charge is 2.43. The van der Waals surface area contributed by atoms with Gasteiger partial charge >= 0.3 is 0 Å². The number of aryl methyl sites for hydroxylation is 1. The summed E-state index contributed by atoms with van der Waals surface area (Å²) < 4.78 is 18.8. The summed E-state index contributed by atoms with van der Waals surface area (Å²) in [5, 5.41) is 9.05. The molecule has 1 fully saturated rings. The van der Waals surface area contributed by atoms with Crippen LogP contribution in [0.25, 0.3) is 0 Å². The van der Waals surface area contributed by atoms with Crippen molar-refractivity contribution in [2.45, 2.75) is 25.3 Å². The number of halogens is 1. The second kappa shape index (κ2) is 4.34. The van der Waals surface area contributed by atoms with Crippen molar-refractivity contribution in [3.05, 3.63) is 29.6 Å². The van der Waals surface area contributed by atoms with Crippen LogP contribution in [0.4, 0.5) is 4.39 Å². The number of rotatable bonds is 4. The van der Waals surface area contributed by atoms with Crippen molar-refractivity contribution in [1.29, 1.82) is 5.26 Å². The summed E-state index contributed by atoms with van der Waals surface area (Å²) in [6.45, 7) is 1.89. The van der Waals surface area contributed by atoms with Crippen molar-refractivity contribution in [2.75, 3.05) is 6.61 Å². The first-order chi connectivity index (χ1) is 8.05. The van der Waals surface area contributed by atoms with Gasteiger partial charge in [0.25, 0.3) is 0 Å². The third kappa shape index (κ3) is 2.56. The molecule has 4 heteroatoms. The van der Waals surface area contributed by atoms with Crippen LogP contribution in [-0.4, -0.2) is 12.1 Å². The molecular formula is C13H15FN2O. The molecule has 1 aliphatic carbocycles. The van der Waals surface area contributed by atoms with Gasteiger partial charge in [-0.3, -0.25) is 0 Å². The lowest BCUT2D eigenvalue weighted by Crippen LogP contribution is -2.46. The summed E-state index contributed by atoms with van der Waals surface area (Å²) in [5.74, 6) is -0.0808. The van der Waals surface area contributed by atoms with Crippen LogP contribution in [0, 0.1) is 30.0 Å². The number of benzene rings is 1. The minimum absolute atomic E-state index is 0.0362. The minimum Gasteiger partial charge on any atom is -0.487 e. The summed E-state index contributed by atoms with van der Waals surface area (Å²) in [6, 6.07) is 6.71. The van der Waals surface area contributed by atoms with Gasteiger partial charge in [-0.2, -0.15) is 5.26 Å². The van der Waals surface area contributed by atoms with Crippen LogP contribution >= 0.6 is 0 Å². The highest BCUT2D eigenvalue weighted by molar-refractivity contribution is 5.30. The Morgan fingerprint density at radius 2 is 2.29 bits per heavy atom. The van der Waals surface area contributed by atoms with Crippen LogP contribution in [0.15, 0.2) is 18.2 Å². The highest BCUT2D eigenvalue weighted by atomic mass is 19.1. The molecule has 0 saturated heterocycles. The molecule has 0 aromatic heterocycles. The Hall–Kier alpha value is -1.60. The number of hydrogen-bond acceptors (Lipinski definition) is 3. The summed E-state index contributed by atoms with van der Waals surface area (Å²) >= 11 is 0. The molecule has 17 heavy (non-hydrogen) atoms. The number of hydrogen-bond donors (Lipinski definition) is 1. The van der Waals surface area contributed by atoms with Gasteiger partial charge in [0.2, 0.25) is 0 Å². The van der Waals surface area contributed by atoms with Crippen LogP contribution in [0.5, 0.6) is 5.75 Å². The van der Waals surface area contributed by atoms with E-state index in [9.17, 15) is 4.39 Å². The zero-order chi connectivity index (χ0) is 12.5. The molecular weight excluding hydrogens is 219 g/mol. The maximum Gasteiger partial charge on any atom is 0.165 e. The molecule has 2 rings (SSSR count). The van der Waals surface area contributed by atoms with Gasteiger partial charge in [0.15, 0.2) is 11.6 Å². The molecule has 0 bridgehead atoms. The Bertz CT molecular complexity index is 465. The fourth-order valence-electron chi connectivity index (χ4n) is 1.76. The second-order valence-corrected chi connectivity index (χ2v) is 4.65. The predicted octanol–water partition coefficient (Wildman–Crippen LogP) is 2.14. The number of nitrogens with zero attached hydrogens (tertiary/aromatic N) is 1. The molecule has 0 radical (unpaired) electrons. The van der Waals surface area contributed by atoms with Crippen molar-refractivity contribution < 1.29 is 9.13 Å². The molecule has 90 valence electrons. The van der Waals surface area contributed by atoms with Gasteiger partial charge in [-0.1, -0.05) is 6.07 Å². The molecule has 1 unspecified atom stereocenters. The van der Waals surface area contributed by atoms with Gasteiger partial charge in [-0.15, -0.1) is 0 Å². The van der Waals surface area contributed by atoms with Crippen molar-refractivity contribution in [3.63, 3.8) is 0 Å². The Morgan fingerprint density at radius 1 is 1.59 bits per heavy atom. The number of ether oxygens (including phenoxy) is 1. The van der Waals surface area contributed by atoms with Gasteiger partial charge in [-0.25, -0.2) is 4.39 Å². The average molecular weight is 234 g/mol. The first-order valence-electron chi connectivity index (χ1n) is 5.64. The number of nitriles is 1. The van der Waals surface area contributed by atoms with Gasteiger partial charge in [0.05, 0.1) is 6.07 Å². The van der Waals surface area contributed by atoms with Crippen molar-refractivity contribution in [3.8, 4) is 11.8 Å². The third-order valence-electron chi connectivity index (χ3n) is 3.07. The molecule has 1 aromatic carbocycles. The Kier molecular flexibility index (Phi) is 3.03. The second-order valence-electron chi connectivity index (χ2n) is 4.65. The zero-order valence-electron chi connectivity index (χ0n) is 9.74. The smallest absolute Gasteiger partial charge is 0.165 e. The fraction of sp³-hybridized carbons (Fsp3) is 0.462. The lowest BCUT2D eigenvalue weighted by atomic mass is 9.98. The Labute approximate surface area is 100.0 Å². The first kappa shape index (κ1) is 11.9. The molecule has 0 aliphatic heterocycles. The molecule has 1 atom stereocenters.